The van der Waals surface area contributed by atoms with Crippen LogP contribution in [0, 0.1) is 0 Å². The van der Waals surface area contributed by atoms with Crippen LogP contribution in [0.3, 0.4) is 0 Å². The average molecular weight is 473 g/mol. The van der Waals surface area contributed by atoms with Gasteiger partial charge in [-0.15, -0.1) is 0 Å². The number of aromatic nitrogens is 2. The van der Waals surface area contributed by atoms with Crippen LogP contribution < -0.4 is 0 Å². The van der Waals surface area contributed by atoms with E-state index >= 15 is 0 Å². The maximum absolute atomic E-state index is 6.26. The van der Waals surface area contributed by atoms with Crippen LogP contribution in [0.4, 0.5) is 0 Å². The van der Waals surface area contributed by atoms with Crippen molar-refractivity contribution < 1.29 is 4.42 Å². The highest BCUT2D eigenvalue weighted by Crippen LogP contribution is 2.37. The number of para-hydroxylation sites is 1. The van der Waals surface area contributed by atoms with E-state index in [0.29, 0.717) is 5.82 Å². The van der Waals surface area contributed by atoms with Crippen molar-refractivity contribution in [3.8, 4) is 22.6 Å². The van der Waals surface area contributed by atoms with Crippen LogP contribution in [0.15, 0.2) is 126 Å². The first-order valence-corrected chi connectivity index (χ1v) is 12.4. The summed E-state index contributed by atoms with van der Waals surface area (Å²) in [6.45, 7) is 0. The van der Waals surface area contributed by atoms with Gasteiger partial charge in [0.05, 0.1) is 11.2 Å². The van der Waals surface area contributed by atoms with Crippen molar-refractivity contribution >= 4 is 54.4 Å². The number of furan rings is 1. The Hall–Kier alpha value is -5.02. The molecule has 2 aromatic heterocycles. The Morgan fingerprint density at radius 2 is 1.24 bits per heavy atom. The van der Waals surface area contributed by atoms with Crippen molar-refractivity contribution in [1.29, 1.82) is 0 Å². The van der Waals surface area contributed by atoms with Crippen molar-refractivity contribution in [3.05, 3.63) is 121 Å². The van der Waals surface area contributed by atoms with Crippen LogP contribution in [0.2, 0.25) is 0 Å². The topological polar surface area (TPSA) is 38.9 Å². The van der Waals surface area contributed by atoms with Crippen molar-refractivity contribution in [2.75, 3.05) is 0 Å². The SMILES string of the molecule is c1ccc(-c2nc(-c3ccc4c(ccc5c6ccccc6oc45)c3)nc3ccc4ccccc4c23)cc1. The third-order valence-electron chi connectivity index (χ3n) is 7.25. The molecule has 172 valence electrons. The Morgan fingerprint density at radius 3 is 2.16 bits per heavy atom. The summed E-state index contributed by atoms with van der Waals surface area (Å²) in [6.07, 6.45) is 0. The Bertz CT molecular complexity index is 2140. The number of hydrogen-bond acceptors (Lipinski definition) is 3. The molecule has 2 heterocycles. The zero-order valence-corrected chi connectivity index (χ0v) is 19.8. The van der Waals surface area contributed by atoms with E-state index in [9.17, 15) is 0 Å². The number of fused-ring (bicyclic) bond motifs is 8. The minimum absolute atomic E-state index is 0.716. The lowest BCUT2D eigenvalue weighted by Gasteiger charge is -2.12. The van der Waals surface area contributed by atoms with E-state index in [1.807, 2.05) is 18.2 Å². The van der Waals surface area contributed by atoms with Gasteiger partial charge < -0.3 is 4.42 Å². The molecule has 6 aromatic carbocycles. The molecule has 0 unspecified atom stereocenters. The van der Waals surface area contributed by atoms with Crippen molar-refractivity contribution in [1.82, 2.24) is 9.97 Å². The Balaban J connectivity index is 1.39. The van der Waals surface area contributed by atoms with Crippen LogP contribution in [-0.2, 0) is 0 Å². The molecule has 0 atom stereocenters. The van der Waals surface area contributed by atoms with Gasteiger partial charge in [-0.25, -0.2) is 9.97 Å². The fraction of sp³-hybridized carbons (Fsp3) is 0. The lowest BCUT2D eigenvalue weighted by atomic mass is 9.99. The fourth-order valence-corrected chi connectivity index (χ4v) is 5.49. The minimum atomic E-state index is 0.716. The highest BCUT2D eigenvalue weighted by Gasteiger charge is 2.15. The summed E-state index contributed by atoms with van der Waals surface area (Å²) in [7, 11) is 0. The van der Waals surface area contributed by atoms with Gasteiger partial charge >= 0.3 is 0 Å². The van der Waals surface area contributed by atoms with E-state index < -0.39 is 0 Å². The van der Waals surface area contributed by atoms with Gasteiger partial charge in [0, 0.05) is 32.7 Å². The number of hydrogen-bond donors (Lipinski definition) is 0. The van der Waals surface area contributed by atoms with Gasteiger partial charge in [-0.05, 0) is 46.5 Å². The van der Waals surface area contributed by atoms with E-state index in [-0.39, 0.29) is 0 Å². The molecule has 0 bridgehead atoms. The van der Waals surface area contributed by atoms with Crippen LogP contribution in [0.25, 0.3) is 77.0 Å². The second-order valence-electron chi connectivity index (χ2n) is 9.42. The molecule has 0 N–H and O–H groups in total. The summed E-state index contributed by atoms with van der Waals surface area (Å²) in [5.41, 5.74) is 5.78. The van der Waals surface area contributed by atoms with Crippen molar-refractivity contribution in [2.45, 2.75) is 0 Å². The van der Waals surface area contributed by atoms with E-state index in [0.717, 1.165) is 65.8 Å². The first-order chi connectivity index (χ1) is 18.3. The summed E-state index contributed by atoms with van der Waals surface area (Å²) in [5, 5.41) is 7.90. The van der Waals surface area contributed by atoms with Crippen LogP contribution in [-0.4, -0.2) is 9.97 Å². The monoisotopic (exact) mass is 472 g/mol. The summed E-state index contributed by atoms with van der Waals surface area (Å²) < 4.78 is 6.26. The molecule has 8 rings (SSSR count). The van der Waals surface area contributed by atoms with Crippen molar-refractivity contribution in [3.63, 3.8) is 0 Å². The van der Waals surface area contributed by atoms with Crippen LogP contribution >= 0.6 is 0 Å². The van der Waals surface area contributed by atoms with E-state index in [1.165, 1.54) is 5.39 Å². The number of benzene rings is 6. The Kier molecular flexibility index (Phi) is 4.23. The number of nitrogens with zero attached hydrogens (tertiary/aromatic N) is 2. The van der Waals surface area contributed by atoms with Gasteiger partial charge in [-0.3, -0.25) is 0 Å². The van der Waals surface area contributed by atoms with Crippen LogP contribution in [0.5, 0.6) is 0 Å². The zero-order valence-electron chi connectivity index (χ0n) is 19.8. The molecule has 0 amide bonds. The molecule has 0 aliphatic rings. The summed E-state index contributed by atoms with van der Waals surface area (Å²) in [4.78, 5) is 10.2. The third-order valence-corrected chi connectivity index (χ3v) is 7.25. The molecule has 0 saturated carbocycles. The van der Waals surface area contributed by atoms with E-state index in [2.05, 4.69) is 103 Å². The average Bonchev–Trinajstić information content (AvgIpc) is 3.36. The van der Waals surface area contributed by atoms with E-state index in [1.54, 1.807) is 0 Å². The molecule has 3 nitrogen and oxygen atoms in total. The Morgan fingerprint density at radius 1 is 0.486 bits per heavy atom. The molecular weight excluding hydrogens is 452 g/mol. The molecule has 37 heavy (non-hydrogen) atoms. The highest BCUT2D eigenvalue weighted by molar-refractivity contribution is 6.16. The van der Waals surface area contributed by atoms with Gasteiger partial charge in [0.1, 0.15) is 11.2 Å². The van der Waals surface area contributed by atoms with Crippen LogP contribution in [0.1, 0.15) is 0 Å². The number of rotatable bonds is 2. The second-order valence-corrected chi connectivity index (χ2v) is 9.42. The maximum Gasteiger partial charge on any atom is 0.160 e. The summed E-state index contributed by atoms with van der Waals surface area (Å²) in [5.74, 6) is 0.716. The molecule has 0 radical (unpaired) electrons. The van der Waals surface area contributed by atoms with Gasteiger partial charge in [0.15, 0.2) is 5.82 Å². The Labute approximate surface area is 212 Å². The standard InChI is InChI=1S/C34H20N2O/c1-2-9-22(10-3-1)32-31-25-11-5-4-8-21(25)16-19-29(31)35-34(36-32)24-15-17-26-23(20-24)14-18-28-27-12-6-7-13-30(27)37-33(26)28/h1-20H. The van der Waals surface area contributed by atoms with Gasteiger partial charge in [0.25, 0.3) is 0 Å². The first-order valence-electron chi connectivity index (χ1n) is 12.4. The predicted molar refractivity (Wildman–Crippen MR) is 153 cm³/mol. The molecule has 0 aliphatic heterocycles. The smallest absolute Gasteiger partial charge is 0.160 e. The van der Waals surface area contributed by atoms with Gasteiger partial charge in [0.2, 0.25) is 0 Å². The minimum Gasteiger partial charge on any atom is -0.455 e. The van der Waals surface area contributed by atoms with E-state index in [4.69, 9.17) is 14.4 Å². The largest absolute Gasteiger partial charge is 0.455 e. The van der Waals surface area contributed by atoms with Crippen molar-refractivity contribution in [2.24, 2.45) is 0 Å². The molecule has 8 aromatic rings. The predicted octanol–water partition coefficient (Wildman–Crippen LogP) is 9.17. The first kappa shape index (κ1) is 20.2. The quantitative estimate of drug-likeness (QED) is 0.235. The summed E-state index contributed by atoms with van der Waals surface area (Å²) >= 11 is 0. The normalized spacial score (nSPS) is 11.8. The highest BCUT2D eigenvalue weighted by atomic mass is 16.3. The van der Waals surface area contributed by atoms with Gasteiger partial charge in [-0.1, -0.05) is 91.0 Å². The molecule has 0 saturated heterocycles. The lowest BCUT2D eigenvalue weighted by molar-refractivity contribution is 0.672. The molecule has 0 fully saturated rings. The summed E-state index contributed by atoms with van der Waals surface area (Å²) in [6, 6.07) is 42.0. The molecule has 0 aliphatic carbocycles. The molecule has 0 spiro atoms. The fourth-order valence-electron chi connectivity index (χ4n) is 5.49. The lowest BCUT2D eigenvalue weighted by Crippen LogP contribution is -1.96. The molecule has 3 heteroatoms. The van der Waals surface area contributed by atoms with Gasteiger partial charge in [-0.2, -0.15) is 0 Å². The maximum atomic E-state index is 6.26. The zero-order chi connectivity index (χ0) is 24.3. The molecular formula is C34H20N2O. The second kappa shape index (κ2) is 7.74. The third kappa shape index (κ3) is 3.08.